The fourth-order valence-corrected chi connectivity index (χ4v) is 6.56. The largest absolute Gasteiger partial charge is 0.457 e. The smallest absolute Gasteiger partial charge is 0.246 e. The van der Waals surface area contributed by atoms with Crippen molar-refractivity contribution < 1.29 is 9.53 Å². The number of nitrogens with zero attached hydrogens (tertiary/aromatic N) is 8. The predicted molar refractivity (Wildman–Crippen MR) is 164 cm³/mol. The highest BCUT2D eigenvalue weighted by atomic mass is 16.5. The first-order chi connectivity index (χ1) is 20.9. The second-order valence-corrected chi connectivity index (χ2v) is 11.8. The van der Waals surface area contributed by atoms with E-state index in [9.17, 15) is 4.79 Å². The molecule has 5 aromatic rings. The lowest BCUT2D eigenvalue weighted by Crippen LogP contribution is -2.53. The lowest BCUT2D eigenvalue weighted by molar-refractivity contribution is -0.134. The molecule has 220 valence electrons. The zero-order valence-electron chi connectivity index (χ0n) is 24.6. The van der Waals surface area contributed by atoms with Crippen LogP contribution in [0.15, 0.2) is 73.6 Å². The number of ether oxygens (including phenoxy) is 1. The molecule has 3 atom stereocenters. The average molecular weight is 578 g/mol. The molecule has 1 N–H and O–H groups in total. The number of rotatable bonds is 8. The quantitative estimate of drug-likeness (QED) is 0.262. The molecule has 1 aromatic carbocycles. The van der Waals surface area contributed by atoms with Gasteiger partial charge in [-0.05, 0) is 93.6 Å². The van der Waals surface area contributed by atoms with Gasteiger partial charge in [-0.3, -0.25) is 4.79 Å². The van der Waals surface area contributed by atoms with E-state index in [0.29, 0.717) is 17.6 Å². The Hall–Kier alpha value is -4.77. The molecule has 2 aliphatic heterocycles. The van der Waals surface area contributed by atoms with Gasteiger partial charge in [-0.1, -0.05) is 6.08 Å². The molecule has 0 radical (unpaired) electrons. The zero-order valence-corrected chi connectivity index (χ0v) is 24.6. The predicted octanol–water partition coefficient (Wildman–Crippen LogP) is 4.83. The van der Waals surface area contributed by atoms with Gasteiger partial charge in [0, 0.05) is 49.4 Å². The number of hydrogen-bond acceptors (Lipinski definition) is 8. The third kappa shape index (κ3) is 5.32. The molecule has 8 rings (SSSR count). The van der Waals surface area contributed by atoms with Crippen molar-refractivity contribution in [3.63, 3.8) is 0 Å². The van der Waals surface area contributed by atoms with E-state index in [1.165, 1.54) is 11.9 Å². The van der Waals surface area contributed by atoms with E-state index >= 15 is 0 Å². The highest BCUT2D eigenvalue weighted by Crippen LogP contribution is 2.47. The highest BCUT2D eigenvalue weighted by Gasteiger charge is 2.43. The molecule has 1 saturated carbocycles. The summed E-state index contributed by atoms with van der Waals surface area (Å²) in [5, 5.41) is 12.2. The average Bonchev–Trinajstić information content (AvgIpc) is 3.66. The fraction of sp³-hybridized carbons (Fsp3) is 0.344. The zero-order chi connectivity index (χ0) is 29.5. The number of amides is 1. The first kappa shape index (κ1) is 27.1. The minimum atomic E-state index is 0.129. The van der Waals surface area contributed by atoms with Crippen LogP contribution in [0.5, 0.6) is 11.5 Å². The normalized spacial score (nSPS) is 20.1. The molecule has 11 heteroatoms. The third-order valence-corrected chi connectivity index (χ3v) is 8.65. The molecule has 0 unspecified atom stereocenters. The van der Waals surface area contributed by atoms with Gasteiger partial charge >= 0.3 is 0 Å². The van der Waals surface area contributed by atoms with Crippen LogP contribution in [0, 0.1) is 12.8 Å². The van der Waals surface area contributed by atoms with E-state index < -0.39 is 0 Å². The summed E-state index contributed by atoms with van der Waals surface area (Å²) in [4.78, 5) is 26.0. The molecule has 2 saturated heterocycles. The van der Waals surface area contributed by atoms with Crippen LogP contribution in [0.2, 0.25) is 0 Å². The van der Waals surface area contributed by atoms with Crippen LogP contribution in [0.4, 0.5) is 11.5 Å². The van der Waals surface area contributed by atoms with E-state index in [4.69, 9.17) is 4.74 Å². The maximum absolute atomic E-state index is 13.0. The van der Waals surface area contributed by atoms with Gasteiger partial charge in [0.1, 0.15) is 29.7 Å². The van der Waals surface area contributed by atoms with Crippen molar-refractivity contribution in [1.82, 2.24) is 39.0 Å². The van der Waals surface area contributed by atoms with Crippen molar-refractivity contribution in [3.05, 3.63) is 84.7 Å². The summed E-state index contributed by atoms with van der Waals surface area (Å²) in [5.41, 5.74) is 4.86. The number of piperidine rings is 2. The van der Waals surface area contributed by atoms with Crippen LogP contribution in [-0.2, 0) is 4.79 Å². The summed E-state index contributed by atoms with van der Waals surface area (Å²) in [6, 6.07) is 12.2. The molecule has 3 fully saturated rings. The number of nitrogens with one attached hydrogen (secondary N) is 1. The highest BCUT2D eigenvalue weighted by molar-refractivity contribution is 5.88. The van der Waals surface area contributed by atoms with Crippen molar-refractivity contribution in [1.29, 1.82) is 0 Å². The van der Waals surface area contributed by atoms with Gasteiger partial charge in [-0.25, -0.2) is 19.0 Å². The van der Waals surface area contributed by atoms with Crippen molar-refractivity contribution in [2.75, 3.05) is 32.5 Å². The topological polar surface area (TPSA) is 105 Å². The summed E-state index contributed by atoms with van der Waals surface area (Å²) in [7, 11) is 4.01. The third-order valence-electron chi connectivity index (χ3n) is 8.65. The Kier molecular flexibility index (Phi) is 7.02. The van der Waals surface area contributed by atoms with Gasteiger partial charge in [-0.2, -0.15) is 10.2 Å². The molecule has 0 spiro atoms. The first-order valence-corrected chi connectivity index (χ1v) is 14.7. The number of anilines is 2. The Bertz CT molecular complexity index is 1820. The molecule has 2 bridgehead atoms. The van der Waals surface area contributed by atoms with Gasteiger partial charge in [-0.15, -0.1) is 0 Å². The van der Waals surface area contributed by atoms with Crippen LogP contribution in [0.25, 0.3) is 11.2 Å². The van der Waals surface area contributed by atoms with Crippen LogP contribution < -0.4 is 10.1 Å². The van der Waals surface area contributed by atoms with Crippen LogP contribution >= 0.6 is 0 Å². The van der Waals surface area contributed by atoms with E-state index in [2.05, 4.69) is 47.4 Å². The number of aryl methyl sites for hydroxylation is 1. The van der Waals surface area contributed by atoms with Crippen molar-refractivity contribution in [2.24, 2.45) is 5.92 Å². The van der Waals surface area contributed by atoms with Crippen molar-refractivity contribution >= 4 is 28.6 Å². The number of aromatic nitrogens is 6. The molecule has 1 amide bonds. The lowest BCUT2D eigenvalue weighted by atomic mass is 9.69. The van der Waals surface area contributed by atoms with Crippen LogP contribution in [0.3, 0.4) is 0 Å². The lowest BCUT2D eigenvalue weighted by Gasteiger charge is -2.49. The molecule has 1 aliphatic carbocycles. The minimum Gasteiger partial charge on any atom is -0.457 e. The van der Waals surface area contributed by atoms with Gasteiger partial charge in [0.25, 0.3) is 0 Å². The summed E-state index contributed by atoms with van der Waals surface area (Å²) in [5.74, 6) is 3.12. The van der Waals surface area contributed by atoms with Crippen LogP contribution in [0.1, 0.15) is 36.3 Å². The van der Waals surface area contributed by atoms with Gasteiger partial charge in [0.15, 0.2) is 11.5 Å². The fourth-order valence-electron chi connectivity index (χ4n) is 6.56. The molecule has 4 aromatic heterocycles. The SMILES string of the molecule is Cc1cc(Nc2ncnn3ccc([C@@H]4C[C@H]5CC[C@@H]4CN5C(=O)/C=C/CN(C)C)c23)ccc1Oc1ccn2ncnc2c1. The van der Waals surface area contributed by atoms with E-state index in [1.807, 2.05) is 68.3 Å². The minimum absolute atomic E-state index is 0.129. The first-order valence-electron chi connectivity index (χ1n) is 14.7. The van der Waals surface area contributed by atoms with E-state index in [0.717, 1.165) is 66.3 Å². The Labute approximate surface area is 249 Å². The molecular weight excluding hydrogens is 542 g/mol. The monoisotopic (exact) mass is 577 g/mol. The number of likely N-dealkylation sites (N-methyl/N-ethyl adjacent to an activating group) is 1. The second-order valence-electron chi connectivity index (χ2n) is 11.8. The standard InChI is InChI=1S/C32H35N9O2/c1-21-15-23(7-9-28(21)43-25-10-13-40-29(17-25)33-19-35-40)37-32-31-26(11-14-41(31)36-20-34-32)27-16-24-8-6-22(27)18-39(24)30(42)5-4-12-38(2)3/h4-5,7,9-11,13-15,17,19-20,22,24,27H,6,8,12,16,18H2,1-3H3,(H,34,36,37)/b5-4+/t22-,24-,27-/m1/s1. The van der Waals surface area contributed by atoms with E-state index in [1.54, 1.807) is 16.9 Å². The molecule has 3 aliphatic rings. The summed E-state index contributed by atoms with van der Waals surface area (Å²) < 4.78 is 9.77. The van der Waals surface area contributed by atoms with E-state index in [-0.39, 0.29) is 11.9 Å². The summed E-state index contributed by atoms with van der Waals surface area (Å²) in [6.45, 7) is 3.58. The summed E-state index contributed by atoms with van der Waals surface area (Å²) >= 11 is 0. The Morgan fingerprint density at radius 2 is 1.91 bits per heavy atom. The molecule has 11 nitrogen and oxygen atoms in total. The Balaban J connectivity index is 1.10. The number of carbonyl (C=O) groups is 1. The number of pyridine rings is 1. The Morgan fingerprint density at radius 3 is 2.72 bits per heavy atom. The summed E-state index contributed by atoms with van der Waals surface area (Å²) in [6.07, 6.45) is 13.8. The molecular formula is C32H35N9O2. The van der Waals surface area contributed by atoms with Crippen LogP contribution in [-0.4, -0.2) is 78.1 Å². The van der Waals surface area contributed by atoms with Gasteiger partial charge < -0.3 is 19.9 Å². The molecule has 6 heterocycles. The van der Waals surface area contributed by atoms with Gasteiger partial charge in [0.2, 0.25) is 5.91 Å². The Morgan fingerprint density at radius 1 is 1.07 bits per heavy atom. The maximum Gasteiger partial charge on any atom is 0.246 e. The number of carbonyl (C=O) groups excluding carboxylic acids is 1. The maximum atomic E-state index is 13.0. The molecule has 43 heavy (non-hydrogen) atoms. The van der Waals surface area contributed by atoms with Gasteiger partial charge in [0.05, 0.1) is 0 Å². The second kappa shape index (κ2) is 11.1. The van der Waals surface area contributed by atoms with Crippen molar-refractivity contribution in [2.45, 2.75) is 38.1 Å². The van der Waals surface area contributed by atoms with Crippen molar-refractivity contribution in [3.8, 4) is 11.5 Å². The number of fused-ring (bicyclic) bond motifs is 5. The number of hydrogen-bond donors (Lipinski definition) is 1. The number of benzene rings is 1.